The molecule has 0 aromatic heterocycles. The first kappa shape index (κ1) is 29.2. The number of rotatable bonds is 8. The third-order valence-corrected chi connectivity index (χ3v) is 8.53. The Hall–Kier alpha value is -3.32. The lowest BCUT2D eigenvalue weighted by atomic mass is 9.94. The van der Waals surface area contributed by atoms with Crippen LogP contribution in [0.25, 0.3) is 11.1 Å². The van der Waals surface area contributed by atoms with Gasteiger partial charge in [-0.3, -0.25) is 0 Å². The summed E-state index contributed by atoms with van der Waals surface area (Å²) in [5, 5.41) is 6.53. The van der Waals surface area contributed by atoms with Gasteiger partial charge in [-0.1, -0.05) is 87.1 Å². The molecule has 0 spiro atoms. The van der Waals surface area contributed by atoms with Crippen molar-refractivity contribution in [3.8, 4) is 11.1 Å². The molecular weight excluding hydrogens is 523 g/mol. The van der Waals surface area contributed by atoms with Crippen molar-refractivity contribution in [3.63, 3.8) is 0 Å². The van der Waals surface area contributed by atoms with Gasteiger partial charge >= 0.3 is 12.2 Å². The largest absolute Gasteiger partial charge is 0.416 e. The van der Waals surface area contributed by atoms with Gasteiger partial charge < -0.3 is 15.5 Å². The number of carbonyl (C=O) groups excluding carboxylic acids is 1. The number of nitrogens with zero attached hydrogens (tertiary/aromatic N) is 1. The summed E-state index contributed by atoms with van der Waals surface area (Å²) in [5.74, 6) is 0. The zero-order chi connectivity index (χ0) is 28.7. The summed E-state index contributed by atoms with van der Waals surface area (Å²) < 4.78 is 38.8. The van der Waals surface area contributed by atoms with Crippen LogP contribution in [-0.4, -0.2) is 23.0 Å². The first-order chi connectivity index (χ1) is 19.8. The Balaban J connectivity index is 1.22. The Morgan fingerprint density at radius 3 is 1.80 bits per heavy atom. The Kier molecular flexibility index (Phi) is 9.65. The van der Waals surface area contributed by atoms with Gasteiger partial charge in [0.1, 0.15) is 0 Å². The number of hydrogen-bond acceptors (Lipinski definition) is 2. The highest BCUT2D eigenvalue weighted by Crippen LogP contribution is 2.31. The predicted octanol–water partition coefficient (Wildman–Crippen LogP) is 9.16. The van der Waals surface area contributed by atoms with E-state index in [9.17, 15) is 18.0 Å². The molecule has 2 amide bonds. The van der Waals surface area contributed by atoms with Crippen molar-refractivity contribution in [1.29, 1.82) is 0 Å². The minimum absolute atomic E-state index is 0.104. The number of alkyl halides is 3. The molecule has 0 aliphatic heterocycles. The quantitative estimate of drug-likeness (QED) is 0.287. The second-order valence-corrected chi connectivity index (χ2v) is 11.5. The molecule has 41 heavy (non-hydrogen) atoms. The molecule has 3 aromatic carbocycles. The number of nitrogens with one attached hydrogen (secondary N) is 2. The van der Waals surface area contributed by atoms with Crippen LogP contribution in [0.4, 0.5) is 23.7 Å². The van der Waals surface area contributed by atoms with Gasteiger partial charge in [0.05, 0.1) is 5.56 Å². The van der Waals surface area contributed by atoms with Crippen molar-refractivity contribution in [2.24, 2.45) is 0 Å². The maximum atomic E-state index is 13.4. The minimum atomic E-state index is -4.41. The predicted molar refractivity (Wildman–Crippen MR) is 158 cm³/mol. The SMILES string of the molecule is O=C(Nc1ccc(C(F)(F)F)cc1)N(Cc1ccc(-c2ccc(CNC3CCCCC3)cc2)cc1)C1CCCCC1. The van der Waals surface area contributed by atoms with Crippen LogP contribution in [0.15, 0.2) is 72.8 Å². The molecule has 2 N–H and O–H groups in total. The summed E-state index contributed by atoms with van der Waals surface area (Å²) in [4.78, 5) is 15.2. The van der Waals surface area contributed by atoms with Crippen molar-refractivity contribution in [1.82, 2.24) is 10.2 Å². The van der Waals surface area contributed by atoms with E-state index in [1.54, 1.807) is 0 Å². The lowest BCUT2D eigenvalue weighted by Gasteiger charge is -2.34. The van der Waals surface area contributed by atoms with Crippen LogP contribution in [-0.2, 0) is 19.3 Å². The Morgan fingerprint density at radius 2 is 1.24 bits per heavy atom. The Labute approximate surface area is 241 Å². The van der Waals surface area contributed by atoms with E-state index in [0.717, 1.165) is 67.5 Å². The van der Waals surface area contributed by atoms with E-state index in [1.807, 2.05) is 4.90 Å². The molecule has 0 atom stereocenters. The molecule has 2 saturated carbocycles. The summed E-state index contributed by atoms with van der Waals surface area (Å²) in [6, 6.07) is 22.1. The van der Waals surface area contributed by atoms with Gasteiger partial charge in [0.15, 0.2) is 0 Å². The van der Waals surface area contributed by atoms with Crippen LogP contribution in [0.1, 0.15) is 80.9 Å². The second-order valence-electron chi connectivity index (χ2n) is 11.5. The van der Waals surface area contributed by atoms with Gasteiger partial charge in [-0.05, 0) is 72.2 Å². The average molecular weight is 564 g/mol. The maximum absolute atomic E-state index is 13.4. The molecule has 0 heterocycles. The van der Waals surface area contributed by atoms with Crippen molar-refractivity contribution in [2.45, 2.75) is 95.6 Å². The van der Waals surface area contributed by atoms with Gasteiger partial charge in [-0.2, -0.15) is 13.2 Å². The van der Waals surface area contributed by atoms with Crippen molar-refractivity contribution in [2.75, 3.05) is 5.32 Å². The lowest BCUT2D eigenvalue weighted by molar-refractivity contribution is -0.137. The molecule has 2 aliphatic carbocycles. The zero-order valence-corrected chi connectivity index (χ0v) is 23.6. The standard InChI is InChI=1S/C34H40F3N3O/c35-34(36,37)29-19-21-31(22-20-29)39-33(41)40(32-9-5-2-6-10-32)24-26-13-17-28(18-14-26)27-15-11-25(12-16-27)23-38-30-7-3-1-4-8-30/h11-22,30,32,38H,1-10,23-24H2,(H,39,41). The van der Waals surface area contributed by atoms with Crippen molar-refractivity contribution in [3.05, 3.63) is 89.5 Å². The van der Waals surface area contributed by atoms with E-state index in [2.05, 4.69) is 59.2 Å². The van der Waals surface area contributed by atoms with Gasteiger partial charge in [0.25, 0.3) is 0 Å². The van der Waals surface area contributed by atoms with E-state index in [0.29, 0.717) is 18.3 Å². The van der Waals surface area contributed by atoms with E-state index < -0.39 is 11.7 Å². The molecule has 0 bridgehead atoms. The zero-order valence-electron chi connectivity index (χ0n) is 23.6. The highest BCUT2D eigenvalue weighted by molar-refractivity contribution is 5.89. The topological polar surface area (TPSA) is 44.4 Å². The molecule has 3 aromatic rings. The van der Waals surface area contributed by atoms with Gasteiger partial charge in [-0.25, -0.2) is 4.79 Å². The highest BCUT2D eigenvalue weighted by Gasteiger charge is 2.30. The number of carbonyl (C=O) groups is 1. The fraction of sp³-hybridized carbons (Fsp3) is 0.441. The highest BCUT2D eigenvalue weighted by atomic mass is 19.4. The van der Waals surface area contributed by atoms with Crippen LogP contribution in [0.2, 0.25) is 0 Å². The van der Waals surface area contributed by atoms with Crippen LogP contribution in [0.5, 0.6) is 0 Å². The van der Waals surface area contributed by atoms with Crippen LogP contribution in [0, 0.1) is 0 Å². The Morgan fingerprint density at radius 1 is 0.707 bits per heavy atom. The number of anilines is 1. The van der Waals surface area contributed by atoms with E-state index in [4.69, 9.17) is 0 Å². The van der Waals surface area contributed by atoms with E-state index >= 15 is 0 Å². The maximum Gasteiger partial charge on any atom is 0.416 e. The van der Waals surface area contributed by atoms with Gasteiger partial charge in [0.2, 0.25) is 0 Å². The third-order valence-electron chi connectivity index (χ3n) is 8.53. The summed E-state index contributed by atoms with van der Waals surface area (Å²) in [5.41, 5.74) is 4.22. The van der Waals surface area contributed by atoms with E-state index in [1.165, 1.54) is 49.8 Å². The molecule has 0 unspecified atom stereocenters. The fourth-order valence-corrected chi connectivity index (χ4v) is 6.08. The fourth-order valence-electron chi connectivity index (χ4n) is 6.08. The number of hydrogen-bond donors (Lipinski definition) is 2. The molecule has 4 nitrogen and oxygen atoms in total. The molecule has 5 rings (SSSR count). The third kappa shape index (κ3) is 8.13. The van der Waals surface area contributed by atoms with Gasteiger partial charge in [0, 0.05) is 30.9 Å². The first-order valence-corrected chi connectivity index (χ1v) is 15.0. The van der Waals surface area contributed by atoms with Crippen LogP contribution in [0.3, 0.4) is 0 Å². The normalized spacial score (nSPS) is 16.9. The average Bonchev–Trinajstić information content (AvgIpc) is 3.00. The molecular formula is C34H40F3N3O. The Bertz CT molecular complexity index is 1240. The van der Waals surface area contributed by atoms with Crippen LogP contribution < -0.4 is 10.6 Å². The van der Waals surface area contributed by atoms with Crippen molar-refractivity contribution < 1.29 is 18.0 Å². The first-order valence-electron chi connectivity index (χ1n) is 15.0. The summed E-state index contributed by atoms with van der Waals surface area (Å²) in [6.45, 7) is 1.35. The molecule has 2 fully saturated rings. The van der Waals surface area contributed by atoms with Crippen LogP contribution >= 0.6 is 0 Å². The second kappa shape index (κ2) is 13.6. The molecule has 0 saturated heterocycles. The van der Waals surface area contributed by atoms with Crippen molar-refractivity contribution >= 4 is 11.7 Å². The number of amides is 2. The minimum Gasteiger partial charge on any atom is -0.317 e. The molecule has 218 valence electrons. The molecule has 7 heteroatoms. The molecule has 2 aliphatic rings. The number of halogens is 3. The summed E-state index contributed by atoms with van der Waals surface area (Å²) >= 11 is 0. The lowest BCUT2D eigenvalue weighted by Crippen LogP contribution is -2.43. The summed E-state index contributed by atoms with van der Waals surface area (Å²) in [7, 11) is 0. The van der Waals surface area contributed by atoms with E-state index in [-0.39, 0.29) is 12.1 Å². The summed E-state index contributed by atoms with van der Waals surface area (Å²) in [6.07, 6.45) is 7.33. The number of benzene rings is 3. The molecule has 0 radical (unpaired) electrons. The monoisotopic (exact) mass is 563 g/mol. The van der Waals surface area contributed by atoms with Gasteiger partial charge in [-0.15, -0.1) is 0 Å². The number of urea groups is 1. The smallest absolute Gasteiger partial charge is 0.317 e.